The first-order valence-electron chi connectivity index (χ1n) is 4.74. The lowest BCUT2D eigenvalue weighted by molar-refractivity contribution is 0.816. The van der Waals surface area contributed by atoms with Crippen LogP contribution in [-0.4, -0.2) is 14.5 Å². The summed E-state index contributed by atoms with van der Waals surface area (Å²) in [5.74, 6) is 0. The van der Waals surface area contributed by atoms with Gasteiger partial charge in [0.15, 0.2) is 0 Å². The molecular formula is C11H10BrN3O. The third-order valence-corrected chi connectivity index (χ3v) is 2.77. The molecule has 0 aliphatic heterocycles. The van der Waals surface area contributed by atoms with E-state index >= 15 is 0 Å². The Labute approximate surface area is 101 Å². The van der Waals surface area contributed by atoms with Crippen molar-refractivity contribution < 1.29 is 0 Å². The fourth-order valence-corrected chi connectivity index (χ4v) is 1.67. The zero-order chi connectivity index (χ0) is 11.7. The summed E-state index contributed by atoms with van der Waals surface area (Å²) in [6.45, 7) is 1.81. The average molecular weight is 280 g/mol. The van der Waals surface area contributed by atoms with Crippen molar-refractivity contribution in [2.75, 3.05) is 0 Å². The highest BCUT2D eigenvalue weighted by atomic mass is 79.9. The summed E-state index contributed by atoms with van der Waals surface area (Å²) in [7, 11) is 1.68. The van der Waals surface area contributed by atoms with Crippen LogP contribution in [0.5, 0.6) is 0 Å². The minimum absolute atomic E-state index is 0.0812. The molecule has 82 valence electrons. The quantitative estimate of drug-likeness (QED) is 0.801. The molecule has 0 aliphatic rings. The lowest BCUT2D eigenvalue weighted by Crippen LogP contribution is -2.20. The minimum Gasteiger partial charge on any atom is -0.302 e. The highest BCUT2D eigenvalue weighted by molar-refractivity contribution is 9.10. The highest BCUT2D eigenvalue weighted by Gasteiger charge is 2.10. The lowest BCUT2D eigenvalue weighted by atomic mass is 10.1. The molecule has 0 spiro atoms. The van der Waals surface area contributed by atoms with E-state index < -0.39 is 0 Å². The normalized spacial score (nSPS) is 10.4. The third kappa shape index (κ3) is 1.90. The number of pyridine rings is 1. The second-order valence-corrected chi connectivity index (χ2v) is 4.40. The molecular weight excluding hydrogens is 270 g/mol. The molecule has 0 aliphatic carbocycles. The fourth-order valence-electron chi connectivity index (χ4n) is 1.44. The van der Waals surface area contributed by atoms with Crippen LogP contribution in [0.25, 0.3) is 11.3 Å². The molecule has 4 nitrogen and oxygen atoms in total. The largest absolute Gasteiger partial charge is 0.302 e. The smallest absolute Gasteiger partial charge is 0.262 e. The number of rotatable bonds is 1. The molecule has 0 saturated carbocycles. The van der Waals surface area contributed by atoms with Gasteiger partial charge in [-0.2, -0.15) is 0 Å². The van der Waals surface area contributed by atoms with Gasteiger partial charge in [-0.25, -0.2) is 4.98 Å². The molecule has 0 fully saturated rings. The number of aryl methyl sites for hydroxylation is 2. The zero-order valence-corrected chi connectivity index (χ0v) is 10.5. The maximum atomic E-state index is 11.9. The summed E-state index contributed by atoms with van der Waals surface area (Å²) < 4.78 is 2.33. The van der Waals surface area contributed by atoms with Gasteiger partial charge < -0.3 is 4.57 Å². The van der Waals surface area contributed by atoms with Crippen LogP contribution in [0.4, 0.5) is 0 Å². The van der Waals surface area contributed by atoms with Gasteiger partial charge in [-0.3, -0.25) is 9.78 Å². The van der Waals surface area contributed by atoms with Gasteiger partial charge in [-0.15, -0.1) is 0 Å². The van der Waals surface area contributed by atoms with Crippen molar-refractivity contribution in [1.29, 1.82) is 0 Å². The van der Waals surface area contributed by atoms with Crippen molar-refractivity contribution in [2.45, 2.75) is 6.92 Å². The molecule has 2 aromatic heterocycles. The molecule has 2 aromatic rings. The summed E-state index contributed by atoms with van der Waals surface area (Å²) in [5.41, 5.74) is 1.81. The maximum absolute atomic E-state index is 11.9. The maximum Gasteiger partial charge on any atom is 0.262 e. The van der Waals surface area contributed by atoms with Crippen molar-refractivity contribution in [3.8, 4) is 11.3 Å². The van der Waals surface area contributed by atoms with E-state index in [0.717, 1.165) is 4.47 Å². The Hall–Kier alpha value is -1.49. The van der Waals surface area contributed by atoms with E-state index in [1.165, 1.54) is 10.9 Å². The van der Waals surface area contributed by atoms with Crippen LogP contribution >= 0.6 is 15.9 Å². The Bertz CT molecular complexity index is 575. The molecule has 0 amide bonds. The first-order chi connectivity index (χ1) is 7.59. The second-order valence-electron chi connectivity index (χ2n) is 3.48. The summed E-state index contributed by atoms with van der Waals surface area (Å²) in [4.78, 5) is 20.3. The van der Waals surface area contributed by atoms with Gasteiger partial charge in [-0.05, 0) is 35.0 Å². The van der Waals surface area contributed by atoms with Crippen LogP contribution in [0, 0.1) is 6.92 Å². The average Bonchev–Trinajstić information content (AvgIpc) is 2.27. The number of hydrogen-bond acceptors (Lipinski definition) is 3. The topological polar surface area (TPSA) is 47.8 Å². The summed E-state index contributed by atoms with van der Waals surface area (Å²) in [6.07, 6.45) is 3.18. The highest BCUT2D eigenvalue weighted by Crippen LogP contribution is 2.17. The summed E-state index contributed by atoms with van der Waals surface area (Å²) >= 11 is 3.31. The van der Waals surface area contributed by atoms with E-state index in [0.29, 0.717) is 17.0 Å². The van der Waals surface area contributed by atoms with Gasteiger partial charge in [0, 0.05) is 17.7 Å². The Morgan fingerprint density at radius 1 is 1.31 bits per heavy atom. The van der Waals surface area contributed by atoms with Gasteiger partial charge in [0.2, 0.25) is 0 Å². The minimum atomic E-state index is -0.0812. The van der Waals surface area contributed by atoms with E-state index in [1.807, 2.05) is 6.07 Å². The van der Waals surface area contributed by atoms with Gasteiger partial charge in [0.05, 0.1) is 23.3 Å². The first kappa shape index (κ1) is 11.0. The predicted octanol–water partition coefficient (Wildman–Crippen LogP) is 1.91. The van der Waals surface area contributed by atoms with Gasteiger partial charge in [0.25, 0.3) is 5.56 Å². The monoisotopic (exact) mass is 279 g/mol. The van der Waals surface area contributed by atoms with Gasteiger partial charge in [0.1, 0.15) is 0 Å². The van der Waals surface area contributed by atoms with Crippen LogP contribution in [-0.2, 0) is 7.05 Å². The van der Waals surface area contributed by atoms with Crippen molar-refractivity contribution in [2.24, 2.45) is 7.05 Å². The number of nitrogens with zero attached hydrogens (tertiary/aromatic N) is 3. The third-order valence-electron chi connectivity index (χ3n) is 2.30. The Balaban J connectivity index is 2.69. The molecule has 0 saturated heterocycles. The number of halogens is 1. The molecule has 2 heterocycles. The molecule has 0 radical (unpaired) electrons. The van der Waals surface area contributed by atoms with Crippen LogP contribution in [0.2, 0.25) is 0 Å². The van der Waals surface area contributed by atoms with Crippen molar-refractivity contribution in [1.82, 2.24) is 14.5 Å². The Kier molecular flexibility index (Phi) is 2.87. The Morgan fingerprint density at radius 2 is 2.06 bits per heavy atom. The Morgan fingerprint density at radius 3 is 2.69 bits per heavy atom. The molecule has 0 bridgehead atoms. The standard InChI is InChI=1S/C11H10BrN3O/c1-7-10(11(16)15(2)6-14-7)9-4-3-8(12)5-13-9/h3-6H,1-2H3. The fraction of sp³-hybridized carbons (Fsp3) is 0.182. The molecule has 16 heavy (non-hydrogen) atoms. The second kappa shape index (κ2) is 4.17. The van der Waals surface area contributed by atoms with Crippen LogP contribution in [0.15, 0.2) is 33.9 Å². The van der Waals surface area contributed by atoms with Crippen molar-refractivity contribution in [3.05, 3.63) is 45.2 Å². The van der Waals surface area contributed by atoms with Crippen LogP contribution in [0.1, 0.15) is 5.69 Å². The molecule has 2 rings (SSSR count). The molecule has 0 N–H and O–H groups in total. The number of hydrogen-bond donors (Lipinski definition) is 0. The van der Waals surface area contributed by atoms with Crippen LogP contribution in [0.3, 0.4) is 0 Å². The van der Waals surface area contributed by atoms with Crippen molar-refractivity contribution in [3.63, 3.8) is 0 Å². The summed E-state index contributed by atoms with van der Waals surface area (Å²) in [5, 5.41) is 0. The van der Waals surface area contributed by atoms with Crippen LogP contribution < -0.4 is 5.56 Å². The van der Waals surface area contributed by atoms with E-state index in [-0.39, 0.29) is 5.56 Å². The summed E-state index contributed by atoms with van der Waals surface area (Å²) in [6, 6.07) is 3.66. The van der Waals surface area contributed by atoms with Crippen molar-refractivity contribution >= 4 is 15.9 Å². The number of aromatic nitrogens is 3. The molecule has 0 atom stereocenters. The van der Waals surface area contributed by atoms with E-state index in [1.54, 1.807) is 26.2 Å². The van der Waals surface area contributed by atoms with E-state index in [2.05, 4.69) is 25.9 Å². The zero-order valence-electron chi connectivity index (χ0n) is 8.94. The first-order valence-corrected chi connectivity index (χ1v) is 5.53. The van der Waals surface area contributed by atoms with Gasteiger partial charge >= 0.3 is 0 Å². The van der Waals surface area contributed by atoms with E-state index in [4.69, 9.17) is 0 Å². The van der Waals surface area contributed by atoms with Gasteiger partial charge in [-0.1, -0.05) is 0 Å². The lowest BCUT2D eigenvalue weighted by Gasteiger charge is -2.05. The molecule has 0 unspecified atom stereocenters. The van der Waals surface area contributed by atoms with E-state index in [9.17, 15) is 4.79 Å². The predicted molar refractivity (Wildman–Crippen MR) is 65.1 cm³/mol. The molecule has 5 heteroatoms. The SMILES string of the molecule is Cc1ncn(C)c(=O)c1-c1ccc(Br)cn1. The molecule has 0 aromatic carbocycles.